The number of rotatable bonds is 8. The highest BCUT2D eigenvalue weighted by atomic mass is 16.7. The van der Waals surface area contributed by atoms with Crippen molar-refractivity contribution < 1.29 is 29.0 Å². The first kappa shape index (κ1) is 26.2. The summed E-state index contributed by atoms with van der Waals surface area (Å²) in [5.41, 5.74) is 4.53. The minimum atomic E-state index is -1.07. The lowest BCUT2D eigenvalue weighted by molar-refractivity contribution is -0.141. The first-order chi connectivity index (χ1) is 19.8. The molecule has 3 N–H and O–H groups in total. The number of imidazole rings is 1. The van der Waals surface area contributed by atoms with E-state index in [-0.39, 0.29) is 31.6 Å². The summed E-state index contributed by atoms with van der Waals surface area (Å²) in [6.45, 7) is 1.07. The first-order valence-electron chi connectivity index (χ1n) is 13.3. The third-order valence-corrected chi connectivity index (χ3v) is 7.31. The summed E-state index contributed by atoms with van der Waals surface area (Å²) in [4.78, 5) is 49.4. The van der Waals surface area contributed by atoms with E-state index in [0.29, 0.717) is 48.1 Å². The van der Waals surface area contributed by atoms with E-state index in [4.69, 9.17) is 9.47 Å². The number of aromatic nitrogens is 2. The van der Waals surface area contributed by atoms with Crippen LogP contribution in [0.4, 0.5) is 5.69 Å². The van der Waals surface area contributed by atoms with Crippen LogP contribution in [0.2, 0.25) is 0 Å². The molecule has 0 spiro atoms. The van der Waals surface area contributed by atoms with Crippen LogP contribution < -0.4 is 14.8 Å². The molecule has 11 nitrogen and oxygen atoms in total. The standard InChI is InChI=1S/C30H29N5O6/c1-34(16-27-32-22-4-2-3-5-23(22)33-27)29(38)19-7-8-21-20(13-19)15-35(30(39)24(31-21)14-28(36)37)11-10-18-6-9-25-26(12-18)41-17-40-25/h2-9,12-13,24,31H,10-11,14-17H2,1H3,(H,32,33)(H,36,37). The van der Waals surface area contributed by atoms with Crippen molar-refractivity contribution in [3.8, 4) is 11.5 Å². The van der Waals surface area contributed by atoms with Crippen molar-refractivity contribution in [3.63, 3.8) is 0 Å². The highest BCUT2D eigenvalue weighted by Crippen LogP contribution is 2.33. The second-order valence-electron chi connectivity index (χ2n) is 10.2. The van der Waals surface area contributed by atoms with Gasteiger partial charge in [-0.3, -0.25) is 14.4 Å². The van der Waals surface area contributed by atoms with Gasteiger partial charge in [-0.1, -0.05) is 18.2 Å². The molecule has 4 aromatic rings. The van der Waals surface area contributed by atoms with E-state index in [1.165, 1.54) is 0 Å². The average Bonchev–Trinajstić information content (AvgIpc) is 3.57. The number of fused-ring (bicyclic) bond motifs is 3. The number of H-pyrrole nitrogens is 1. The third kappa shape index (κ3) is 5.51. The number of carboxylic acids is 1. The van der Waals surface area contributed by atoms with Gasteiger partial charge in [0.15, 0.2) is 11.5 Å². The van der Waals surface area contributed by atoms with Gasteiger partial charge in [0.2, 0.25) is 12.7 Å². The van der Waals surface area contributed by atoms with Gasteiger partial charge in [-0.25, -0.2) is 4.98 Å². The molecule has 210 valence electrons. The molecular formula is C30H29N5O6. The zero-order valence-corrected chi connectivity index (χ0v) is 22.4. The van der Waals surface area contributed by atoms with Crippen LogP contribution in [0.25, 0.3) is 11.0 Å². The molecule has 11 heteroatoms. The zero-order valence-electron chi connectivity index (χ0n) is 22.4. The number of ether oxygens (including phenoxy) is 2. The molecule has 0 aliphatic carbocycles. The number of carboxylic acid groups (broad SMARTS) is 1. The van der Waals surface area contributed by atoms with Crippen molar-refractivity contribution in [2.45, 2.75) is 32.0 Å². The van der Waals surface area contributed by atoms with Crippen molar-refractivity contribution in [2.75, 3.05) is 25.7 Å². The van der Waals surface area contributed by atoms with Gasteiger partial charge in [-0.05, 0) is 60.0 Å². The molecule has 2 aliphatic heterocycles. The summed E-state index contributed by atoms with van der Waals surface area (Å²) in [6.07, 6.45) is 0.177. The molecule has 1 unspecified atom stereocenters. The lowest BCUT2D eigenvalue weighted by Crippen LogP contribution is -2.42. The van der Waals surface area contributed by atoms with E-state index in [9.17, 15) is 19.5 Å². The molecule has 0 bridgehead atoms. The average molecular weight is 556 g/mol. The van der Waals surface area contributed by atoms with Crippen LogP contribution in [0.3, 0.4) is 0 Å². The molecule has 0 radical (unpaired) electrons. The van der Waals surface area contributed by atoms with Crippen LogP contribution in [0.15, 0.2) is 60.7 Å². The molecule has 1 aromatic heterocycles. The fourth-order valence-corrected chi connectivity index (χ4v) is 5.21. The lowest BCUT2D eigenvalue weighted by Gasteiger charge is -2.24. The molecule has 0 fully saturated rings. The maximum atomic E-state index is 13.4. The van der Waals surface area contributed by atoms with Gasteiger partial charge < -0.3 is 34.7 Å². The predicted octanol–water partition coefficient (Wildman–Crippen LogP) is 3.40. The van der Waals surface area contributed by atoms with E-state index >= 15 is 0 Å². The van der Waals surface area contributed by atoms with Gasteiger partial charge in [0.1, 0.15) is 11.9 Å². The summed E-state index contributed by atoms with van der Waals surface area (Å²) < 4.78 is 10.8. The summed E-state index contributed by atoms with van der Waals surface area (Å²) >= 11 is 0. The fraction of sp³-hybridized carbons (Fsp3) is 0.267. The minimum absolute atomic E-state index is 0.178. The van der Waals surface area contributed by atoms with Gasteiger partial charge in [-0.15, -0.1) is 0 Å². The molecule has 2 aliphatic rings. The number of para-hydroxylation sites is 2. The van der Waals surface area contributed by atoms with Crippen molar-refractivity contribution in [1.29, 1.82) is 0 Å². The Hall–Kier alpha value is -5.06. The topological polar surface area (TPSA) is 137 Å². The summed E-state index contributed by atoms with van der Waals surface area (Å²) in [7, 11) is 1.71. The van der Waals surface area contributed by atoms with E-state index < -0.39 is 12.0 Å². The number of anilines is 1. The Labute approximate surface area is 235 Å². The SMILES string of the molecule is CN(Cc1nc2ccccc2[nH]1)C(=O)c1ccc2c(c1)CN(CCc1ccc3c(c1)OCO3)C(=O)C(CC(=O)O)N2. The Morgan fingerprint density at radius 3 is 2.76 bits per heavy atom. The van der Waals surface area contributed by atoms with Crippen LogP contribution in [0.1, 0.15) is 33.7 Å². The second kappa shape index (κ2) is 10.8. The molecule has 1 atom stereocenters. The van der Waals surface area contributed by atoms with Gasteiger partial charge in [0.25, 0.3) is 5.91 Å². The smallest absolute Gasteiger partial charge is 0.305 e. The van der Waals surface area contributed by atoms with Crippen LogP contribution in [0, 0.1) is 0 Å². The fourth-order valence-electron chi connectivity index (χ4n) is 5.21. The summed E-state index contributed by atoms with van der Waals surface area (Å²) in [5, 5.41) is 12.6. The summed E-state index contributed by atoms with van der Waals surface area (Å²) in [6, 6.07) is 17.6. The van der Waals surface area contributed by atoms with E-state index in [0.717, 1.165) is 22.2 Å². The number of benzene rings is 3. The highest BCUT2D eigenvalue weighted by molar-refractivity contribution is 5.95. The maximum Gasteiger partial charge on any atom is 0.305 e. The normalized spacial score (nSPS) is 15.8. The van der Waals surface area contributed by atoms with Gasteiger partial charge in [0.05, 0.1) is 24.0 Å². The Morgan fingerprint density at radius 1 is 1.10 bits per heavy atom. The molecule has 3 heterocycles. The van der Waals surface area contributed by atoms with Crippen molar-refractivity contribution in [2.24, 2.45) is 0 Å². The molecule has 2 amide bonds. The minimum Gasteiger partial charge on any atom is -0.481 e. The molecule has 0 saturated carbocycles. The second-order valence-corrected chi connectivity index (χ2v) is 10.2. The lowest BCUT2D eigenvalue weighted by atomic mass is 10.1. The number of aromatic amines is 1. The predicted molar refractivity (Wildman–Crippen MR) is 150 cm³/mol. The van der Waals surface area contributed by atoms with Crippen molar-refractivity contribution in [1.82, 2.24) is 19.8 Å². The summed E-state index contributed by atoms with van der Waals surface area (Å²) in [5.74, 6) is 0.443. The first-order valence-corrected chi connectivity index (χ1v) is 13.3. The number of hydrogen-bond donors (Lipinski definition) is 3. The Morgan fingerprint density at radius 2 is 1.93 bits per heavy atom. The van der Waals surface area contributed by atoms with Crippen LogP contribution in [-0.4, -0.2) is 69.1 Å². The van der Waals surface area contributed by atoms with E-state index in [1.807, 2.05) is 42.5 Å². The van der Waals surface area contributed by atoms with Crippen molar-refractivity contribution >= 4 is 34.5 Å². The molecule has 41 heavy (non-hydrogen) atoms. The Bertz CT molecular complexity index is 1620. The van der Waals surface area contributed by atoms with E-state index in [2.05, 4.69) is 15.3 Å². The molecule has 6 rings (SSSR count). The molecule has 0 saturated heterocycles. The van der Waals surface area contributed by atoms with Crippen LogP contribution >= 0.6 is 0 Å². The van der Waals surface area contributed by atoms with Gasteiger partial charge in [-0.2, -0.15) is 0 Å². The van der Waals surface area contributed by atoms with Crippen LogP contribution in [-0.2, 0) is 29.1 Å². The Balaban J connectivity index is 1.21. The maximum absolute atomic E-state index is 13.4. The van der Waals surface area contributed by atoms with Crippen LogP contribution in [0.5, 0.6) is 11.5 Å². The number of nitrogens with zero attached hydrogens (tertiary/aromatic N) is 3. The Kier molecular flexibility index (Phi) is 6.92. The monoisotopic (exact) mass is 555 g/mol. The molecular weight excluding hydrogens is 526 g/mol. The largest absolute Gasteiger partial charge is 0.481 e. The highest BCUT2D eigenvalue weighted by Gasteiger charge is 2.31. The number of amides is 2. The number of carbonyl (C=O) groups is 3. The zero-order chi connectivity index (χ0) is 28.5. The van der Waals surface area contributed by atoms with Gasteiger partial charge in [0, 0.05) is 31.4 Å². The molecule has 3 aromatic carbocycles. The third-order valence-electron chi connectivity index (χ3n) is 7.31. The number of aliphatic carboxylic acids is 1. The van der Waals surface area contributed by atoms with Gasteiger partial charge >= 0.3 is 5.97 Å². The van der Waals surface area contributed by atoms with Crippen molar-refractivity contribution in [3.05, 3.63) is 83.2 Å². The number of carbonyl (C=O) groups excluding carboxylic acids is 2. The number of nitrogens with one attached hydrogen (secondary N) is 2. The number of hydrogen-bond acceptors (Lipinski definition) is 7. The van der Waals surface area contributed by atoms with E-state index in [1.54, 1.807) is 35.0 Å². The quantitative estimate of drug-likeness (QED) is 0.301.